The van der Waals surface area contributed by atoms with Crippen LogP contribution in [0.2, 0.25) is 0 Å². The van der Waals surface area contributed by atoms with Crippen LogP contribution >= 0.6 is 11.3 Å². The monoisotopic (exact) mass is 545 g/mol. The molecule has 0 aliphatic carbocycles. The second-order valence-corrected chi connectivity index (χ2v) is 11.3. The lowest BCUT2D eigenvalue weighted by molar-refractivity contribution is 0.246. The molecule has 0 spiro atoms. The molecule has 39 heavy (non-hydrogen) atoms. The minimum Gasteiger partial charge on any atom is -0.497 e. The van der Waals surface area contributed by atoms with Crippen molar-refractivity contribution in [2.75, 3.05) is 58.4 Å². The zero-order valence-electron chi connectivity index (χ0n) is 22.6. The summed E-state index contributed by atoms with van der Waals surface area (Å²) >= 11 is 1.68. The molecule has 8 nitrogen and oxygen atoms in total. The maximum atomic E-state index is 13.5. The molecule has 0 unspecified atom stereocenters. The average molecular weight is 546 g/mol. The predicted octanol–water partition coefficient (Wildman–Crippen LogP) is 3.86. The molecule has 0 atom stereocenters. The molecular weight excluding hydrogens is 510 g/mol. The van der Waals surface area contributed by atoms with E-state index in [2.05, 4.69) is 39.0 Å². The van der Waals surface area contributed by atoms with Crippen LogP contribution in [0.25, 0.3) is 10.2 Å². The van der Waals surface area contributed by atoms with Gasteiger partial charge in [-0.05, 0) is 41.8 Å². The van der Waals surface area contributed by atoms with Gasteiger partial charge >= 0.3 is 0 Å². The average Bonchev–Trinajstić information content (AvgIpc) is 3.36. The highest BCUT2D eigenvalue weighted by Gasteiger charge is 2.24. The summed E-state index contributed by atoms with van der Waals surface area (Å²) in [5.74, 6) is 1.79. The highest BCUT2D eigenvalue weighted by molar-refractivity contribution is 7.18. The first-order chi connectivity index (χ1) is 19.1. The van der Waals surface area contributed by atoms with Gasteiger partial charge in [0.2, 0.25) is 0 Å². The van der Waals surface area contributed by atoms with Crippen molar-refractivity contribution < 1.29 is 9.47 Å². The summed E-state index contributed by atoms with van der Waals surface area (Å²) in [4.78, 5) is 27.7. The van der Waals surface area contributed by atoms with E-state index in [0.717, 1.165) is 86.2 Å². The molecule has 9 heteroatoms. The Morgan fingerprint density at radius 3 is 2.46 bits per heavy atom. The Kier molecular flexibility index (Phi) is 7.54. The third kappa shape index (κ3) is 5.39. The summed E-state index contributed by atoms with van der Waals surface area (Å²) in [6.07, 6.45) is 2.63. The van der Waals surface area contributed by atoms with E-state index < -0.39 is 0 Å². The topological polar surface area (TPSA) is 63.1 Å². The second-order valence-electron chi connectivity index (χ2n) is 10.2. The standard InChI is InChI=1S/C30H35N5O3S/c1-37-23-9-7-22(8-10-23)19-33-12-11-24-27(20-33)39-29-28(24)30(36)35(21-31-29)18-15-32-13-16-34(17-14-32)25-5-3-4-6-26(25)38-2/h3-10,21H,11-20H2,1-2H3. The Bertz CT molecular complexity index is 1490. The van der Waals surface area contributed by atoms with Gasteiger partial charge in [-0.1, -0.05) is 24.3 Å². The van der Waals surface area contributed by atoms with Crippen LogP contribution in [-0.2, 0) is 26.1 Å². The normalized spacial score (nSPS) is 16.4. The minimum atomic E-state index is 0.105. The Morgan fingerprint density at radius 2 is 1.69 bits per heavy atom. The summed E-state index contributed by atoms with van der Waals surface area (Å²) < 4.78 is 12.6. The van der Waals surface area contributed by atoms with Crippen LogP contribution in [0.4, 0.5) is 5.69 Å². The maximum absolute atomic E-state index is 13.5. The number of methoxy groups -OCH3 is 2. The van der Waals surface area contributed by atoms with Crippen LogP contribution in [0.3, 0.4) is 0 Å². The SMILES string of the molecule is COc1ccc(CN2CCc3c(sc4ncn(CCN5CCN(c6ccccc6OC)CC5)c(=O)c34)C2)cc1. The molecule has 204 valence electrons. The van der Waals surface area contributed by atoms with Crippen LogP contribution in [-0.4, -0.2) is 72.8 Å². The Balaban J connectivity index is 1.09. The molecule has 4 heterocycles. The number of thiophene rings is 1. The van der Waals surface area contributed by atoms with Crippen LogP contribution in [0.1, 0.15) is 16.0 Å². The Hall–Kier alpha value is -3.40. The second kappa shape index (κ2) is 11.4. The lowest BCUT2D eigenvalue weighted by atomic mass is 10.0. The fraction of sp³-hybridized carbons (Fsp3) is 0.400. The number of fused-ring (bicyclic) bond motifs is 3. The highest BCUT2D eigenvalue weighted by Crippen LogP contribution is 2.33. The molecule has 2 aromatic carbocycles. The van der Waals surface area contributed by atoms with Crippen molar-refractivity contribution in [3.63, 3.8) is 0 Å². The van der Waals surface area contributed by atoms with Crippen molar-refractivity contribution in [3.05, 3.63) is 81.2 Å². The third-order valence-electron chi connectivity index (χ3n) is 7.93. The molecule has 0 radical (unpaired) electrons. The van der Waals surface area contributed by atoms with Crippen LogP contribution in [0, 0.1) is 0 Å². The molecule has 1 saturated heterocycles. The molecular formula is C30H35N5O3S. The molecule has 1 fully saturated rings. The van der Waals surface area contributed by atoms with Crippen molar-refractivity contribution in [1.29, 1.82) is 0 Å². The summed E-state index contributed by atoms with van der Waals surface area (Å²) in [5.41, 5.74) is 3.73. The first-order valence-corrected chi connectivity index (χ1v) is 14.4. The number of para-hydroxylation sites is 2. The quantitative estimate of drug-likeness (QED) is 0.333. The lowest BCUT2D eigenvalue weighted by Crippen LogP contribution is -2.47. The Morgan fingerprint density at radius 1 is 0.897 bits per heavy atom. The molecule has 2 aromatic heterocycles. The number of piperazine rings is 1. The van der Waals surface area contributed by atoms with Gasteiger partial charge in [-0.3, -0.25) is 19.2 Å². The molecule has 2 aliphatic heterocycles. The van der Waals surface area contributed by atoms with Crippen LogP contribution < -0.4 is 19.9 Å². The molecule has 0 N–H and O–H groups in total. The zero-order valence-corrected chi connectivity index (χ0v) is 23.5. The van der Waals surface area contributed by atoms with Crippen LogP contribution in [0.5, 0.6) is 11.5 Å². The molecule has 0 saturated carbocycles. The van der Waals surface area contributed by atoms with E-state index in [1.807, 2.05) is 28.8 Å². The summed E-state index contributed by atoms with van der Waals surface area (Å²) in [7, 11) is 3.41. The van der Waals surface area contributed by atoms with E-state index in [1.165, 1.54) is 16.0 Å². The largest absolute Gasteiger partial charge is 0.497 e. The molecule has 6 rings (SSSR count). The minimum absolute atomic E-state index is 0.105. The van der Waals surface area contributed by atoms with Crippen molar-refractivity contribution >= 4 is 27.2 Å². The van der Waals surface area contributed by atoms with Gasteiger partial charge in [0.15, 0.2) is 0 Å². The number of hydrogen-bond acceptors (Lipinski definition) is 8. The zero-order chi connectivity index (χ0) is 26.8. The number of hydrogen-bond donors (Lipinski definition) is 0. The van der Waals surface area contributed by atoms with E-state index in [9.17, 15) is 4.79 Å². The van der Waals surface area contributed by atoms with Crippen molar-refractivity contribution in [3.8, 4) is 11.5 Å². The fourth-order valence-corrected chi connectivity index (χ4v) is 6.93. The summed E-state index contributed by atoms with van der Waals surface area (Å²) in [5, 5.41) is 0.836. The van der Waals surface area contributed by atoms with E-state index in [1.54, 1.807) is 31.9 Å². The van der Waals surface area contributed by atoms with E-state index >= 15 is 0 Å². The van der Waals surface area contributed by atoms with E-state index in [4.69, 9.17) is 14.5 Å². The number of ether oxygens (including phenoxy) is 2. The highest BCUT2D eigenvalue weighted by atomic mass is 32.1. The first-order valence-electron chi connectivity index (χ1n) is 13.6. The Labute approximate surface area is 233 Å². The number of rotatable bonds is 8. The van der Waals surface area contributed by atoms with Gasteiger partial charge in [-0.2, -0.15) is 0 Å². The van der Waals surface area contributed by atoms with Gasteiger partial charge in [0, 0.05) is 63.8 Å². The number of nitrogens with zero attached hydrogens (tertiary/aromatic N) is 5. The number of aromatic nitrogens is 2. The molecule has 0 bridgehead atoms. The molecule has 2 aliphatic rings. The van der Waals surface area contributed by atoms with Gasteiger partial charge in [0.1, 0.15) is 16.3 Å². The van der Waals surface area contributed by atoms with Crippen molar-refractivity contribution in [2.24, 2.45) is 0 Å². The van der Waals surface area contributed by atoms with Gasteiger partial charge in [-0.15, -0.1) is 11.3 Å². The molecule has 4 aromatic rings. The van der Waals surface area contributed by atoms with Crippen LogP contribution in [0.15, 0.2) is 59.7 Å². The first kappa shape index (κ1) is 25.9. The maximum Gasteiger partial charge on any atom is 0.262 e. The number of benzene rings is 2. The fourth-order valence-electron chi connectivity index (χ4n) is 5.71. The van der Waals surface area contributed by atoms with Crippen molar-refractivity contribution in [2.45, 2.75) is 26.1 Å². The molecule has 0 amide bonds. The van der Waals surface area contributed by atoms with Gasteiger partial charge in [-0.25, -0.2) is 4.98 Å². The number of anilines is 1. The smallest absolute Gasteiger partial charge is 0.262 e. The summed E-state index contributed by atoms with van der Waals surface area (Å²) in [6, 6.07) is 16.5. The van der Waals surface area contributed by atoms with Gasteiger partial charge < -0.3 is 14.4 Å². The van der Waals surface area contributed by atoms with Gasteiger partial charge in [0.05, 0.1) is 31.6 Å². The van der Waals surface area contributed by atoms with E-state index in [-0.39, 0.29) is 5.56 Å². The lowest BCUT2D eigenvalue weighted by Gasteiger charge is -2.36. The summed E-state index contributed by atoms with van der Waals surface area (Å²) in [6.45, 7) is 7.99. The predicted molar refractivity (Wildman–Crippen MR) is 156 cm³/mol. The third-order valence-corrected chi connectivity index (χ3v) is 9.05. The van der Waals surface area contributed by atoms with Crippen molar-refractivity contribution in [1.82, 2.24) is 19.4 Å². The van der Waals surface area contributed by atoms with Gasteiger partial charge in [0.25, 0.3) is 5.56 Å². The van der Waals surface area contributed by atoms with E-state index in [0.29, 0.717) is 6.54 Å².